The summed E-state index contributed by atoms with van der Waals surface area (Å²) < 4.78 is 0. The van der Waals surface area contributed by atoms with Crippen molar-refractivity contribution >= 4 is 34.6 Å². The molecule has 0 bridgehead atoms. The van der Waals surface area contributed by atoms with Crippen molar-refractivity contribution in [1.29, 1.82) is 0 Å². The normalized spacial score (nSPS) is 10.1. The van der Waals surface area contributed by atoms with Crippen LogP contribution in [-0.4, -0.2) is 21.0 Å². The van der Waals surface area contributed by atoms with E-state index in [1.54, 1.807) is 0 Å². The molecule has 4 N–H and O–H groups in total. The van der Waals surface area contributed by atoms with Crippen molar-refractivity contribution in [2.24, 2.45) is 0 Å². The van der Waals surface area contributed by atoms with Gasteiger partial charge in [0.2, 0.25) is 0 Å². The van der Waals surface area contributed by atoms with E-state index >= 15 is 0 Å². The second-order valence-electron chi connectivity index (χ2n) is 3.48. The molecule has 18 heavy (non-hydrogen) atoms. The van der Waals surface area contributed by atoms with Gasteiger partial charge >= 0.3 is 5.97 Å². The Hall–Kier alpha value is -2.34. The summed E-state index contributed by atoms with van der Waals surface area (Å²) in [6.07, 6.45) is 4.38. The van der Waals surface area contributed by atoms with Crippen LogP contribution in [0.1, 0.15) is 10.4 Å². The quantitative estimate of drug-likeness (QED) is 0.734. The van der Waals surface area contributed by atoms with Crippen LogP contribution in [0.25, 0.3) is 0 Å². The number of anilines is 3. The van der Waals surface area contributed by atoms with Gasteiger partial charge in [-0.1, -0.05) is 11.6 Å². The number of aromatic nitrogens is 2. The van der Waals surface area contributed by atoms with E-state index in [2.05, 4.69) is 15.3 Å². The molecule has 2 rings (SSSR count). The zero-order valence-corrected chi connectivity index (χ0v) is 9.85. The number of benzene rings is 1. The summed E-state index contributed by atoms with van der Waals surface area (Å²) in [5, 5.41) is 12.2. The maximum Gasteiger partial charge on any atom is 0.337 e. The summed E-state index contributed by atoms with van der Waals surface area (Å²) in [5.74, 6) is -1.12. The SMILES string of the molecule is Nc1cc(Cl)c(Nc2cncnc2)c(C(=O)O)c1. The average Bonchev–Trinajstić information content (AvgIpc) is 2.33. The second-order valence-corrected chi connectivity index (χ2v) is 3.89. The first kappa shape index (κ1) is 12.1. The van der Waals surface area contributed by atoms with Crippen molar-refractivity contribution in [3.05, 3.63) is 41.4 Å². The van der Waals surface area contributed by atoms with E-state index in [-0.39, 0.29) is 22.0 Å². The highest BCUT2D eigenvalue weighted by atomic mass is 35.5. The Labute approximate surface area is 107 Å². The van der Waals surface area contributed by atoms with E-state index in [9.17, 15) is 4.79 Å². The number of carboxylic acid groups (broad SMARTS) is 1. The van der Waals surface area contributed by atoms with Gasteiger partial charge in [0.25, 0.3) is 0 Å². The van der Waals surface area contributed by atoms with Crippen LogP contribution < -0.4 is 11.1 Å². The molecule has 0 atom stereocenters. The third-order valence-corrected chi connectivity index (χ3v) is 2.47. The first-order chi connectivity index (χ1) is 8.58. The van der Waals surface area contributed by atoms with Crippen LogP contribution in [0.15, 0.2) is 30.9 Å². The van der Waals surface area contributed by atoms with Crippen molar-refractivity contribution in [3.8, 4) is 0 Å². The van der Waals surface area contributed by atoms with Gasteiger partial charge < -0.3 is 16.2 Å². The van der Waals surface area contributed by atoms with Crippen LogP contribution in [0.4, 0.5) is 17.1 Å². The molecule has 7 heteroatoms. The van der Waals surface area contributed by atoms with Gasteiger partial charge in [0.05, 0.1) is 34.4 Å². The minimum absolute atomic E-state index is 0.0103. The largest absolute Gasteiger partial charge is 0.478 e. The Morgan fingerprint density at radius 1 is 1.33 bits per heavy atom. The maximum atomic E-state index is 11.1. The van der Waals surface area contributed by atoms with Crippen LogP contribution in [0, 0.1) is 0 Å². The number of nitrogens with zero attached hydrogens (tertiary/aromatic N) is 2. The fourth-order valence-corrected chi connectivity index (χ4v) is 1.71. The van der Waals surface area contributed by atoms with E-state index in [0.29, 0.717) is 5.69 Å². The number of hydrogen-bond donors (Lipinski definition) is 3. The topological polar surface area (TPSA) is 101 Å². The lowest BCUT2D eigenvalue weighted by atomic mass is 10.1. The molecule has 0 spiro atoms. The molecule has 1 heterocycles. The van der Waals surface area contributed by atoms with Crippen LogP contribution in [0.2, 0.25) is 5.02 Å². The summed E-state index contributed by atoms with van der Waals surface area (Å²) >= 11 is 5.98. The lowest BCUT2D eigenvalue weighted by molar-refractivity contribution is 0.0698. The summed E-state index contributed by atoms with van der Waals surface area (Å²) in [5.41, 5.74) is 6.62. The molecule has 0 aliphatic carbocycles. The molecular weight excluding hydrogens is 256 g/mol. The molecule has 6 nitrogen and oxygen atoms in total. The Kier molecular flexibility index (Phi) is 3.29. The van der Waals surface area contributed by atoms with Gasteiger partial charge in [-0.15, -0.1) is 0 Å². The zero-order chi connectivity index (χ0) is 13.1. The van der Waals surface area contributed by atoms with E-state index in [0.717, 1.165) is 0 Å². The monoisotopic (exact) mass is 264 g/mol. The number of carbonyl (C=O) groups is 1. The number of halogens is 1. The number of rotatable bonds is 3. The Morgan fingerprint density at radius 2 is 2.00 bits per heavy atom. The molecule has 0 radical (unpaired) electrons. The van der Waals surface area contributed by atoms with Gasteiger partial charge in [0.1, 0.15) is 6.33 Å². The minimum Gasteiger partial charge on any atom is -0.478 e. The predicted octanol–water partition coefficient (Wildman–Crippen LogP) is 2.15. The van der Waals surface area contributed by atoms with Gasteiger partial charge in [-0.25, -0.2) is 14.8 Å². The second kappa shape index (κ2) is 4.89. The van der Waals surface area contributed by atoms with Crippen molar-refractivity contribution < 1.29 is 9.90 Å². The highest BCUT2D eigenvalue weighted by Gasteiger charge is 2.15. The molecule has 0 amide bonds. The van der Waals surface area contributed by atoms with Gasteiger partial charge in [-0.2, -0.15) is 0 Å². The number of aromatic carboxylic acids is 1. The first-order valence-electron chi connectivity index (χ1n) is 4.92. The zero-order valence-electron chi connectivity index (χ0n) is 9.09. The summed E-state index contributed by atoms with van der Waals surface area (Å²) in [4.78, 5) is 18.8. The minimum atomic E-state index is -1.12. The Balaban J connectivity index is 2.47. The fraction of sp³-hybridized carbons (Fsp3) is 0. The Bertz CT molecular complexity index is 589. The lowest BCUT2D eigenvalue weighted by Crippen LogP contribution is -2.05. The molecule has 2 aromatic rings. The number of nitrogens with one attached hydrogen (secondary N) is 1. The van der Waals surface area contributed by atoms with Crippen molar-refractivity contribution in [2.75, 3.05) is 11.1 Å². The van der Waals surface area contributed by atoms with Gasteiger partial charge in [-0.05, 0) is 12.1 Å². The molecule has 0 saturated heterocycles. The molecule has 1 aromatic heterocycles. The van der Waals surface area contributed by atoms with Crippen LogP contribution in [0.3, 0.4) is 0 Å². The lowest BCUT2D eigenvalue weighted by Gasteiger charge is -2.11. The number of nitrogens with two attached hydrogens (primary N) is 1. The van der Waals surface area contributed by atoms with Gasteiger partial charge in [-0.3, -0.25) is 0 Å². The van der Waals surface area contributed by atoms with Gasteiger partial charge in [0, 0.05) is 5.69 Å². The molecule has 0 unspecified atom stereocenters. The van der Waals surface area contributed by atoms with E-state index in [4.69, 9.17) is 22.4 Å². The number of hydrogen-bond acceptors (Lipinski definition) is 5. The fourth-order valence-electron chi connectivity index (χ4n) is 1.43. The molecule has 0 fully saturated rings. The average molecular weight is 265 g/mol. The third kappa shape index (κ3) is 2.49. The van der Waals surface area contributed by atoms with Crippen molar-refractivity contribution in [1.82, 2.24) is 9.97 Å². The smallest absolute Gasteiger partial charge is 0.337 e. The maximum absolute atomic E-state index is 11.1. The van der Waals surface area contributed by atoms with Crippen LogP contribution in [-0.2, 0) is 0 Å². The molecule has 1 aromatic carbocycles. The Morgan fingerprint density at radius 3 is 2.61 bits per heavy atom. The summed E-state index contributed by atoms with van der Waals surface area (Å²) in [6, 6.07) is 2.81. The van der Waals surface area contributed by atoms with Gasteiger partial charge in [0.15, 0.2) is 0 Å². The molecule has 0 saturated carbocycles. The summed E-state index contributed by atoms with van der Waals surface area (Å²) in [7, 11) is 0. The van der Waals surface area contributed by atoms with E-state index < -0.39 is 5.97 Å². The molecule has 0 aliphatic rings. The standard InChI is InChI=1S/C11H9ClN4O2/c12-9-2-6(13)1-8(11(17)18)10(9)16-7-3-14-5-15-4-7/h1-5,16H,13H2,(H,17,18). The first-order valence-corrected chi connectivity index (χ1v) is 5.30. The third-order valence-electron chi connectivity index (χ3n) is 2.17. The van der Waals surface area contributed by atoms with Crippen LogP contribution in [0.5, 0.6) is 0 Å². The van der Waals surface area contributed by atoms with Crippen LogP contribution >= 0.6 is 11.6 Å². The highest BCUT2D eigenvalue weighted by molar-refractivity contribution is 6.34. The number of nitrogen functional groups attached to an aromatic ring is 1. The summed E-state index contributed by atoms with van der Waals surface area (Å²) in [6.45, 7) is 0. The molecule has 0 aliphatic heterocycles. The predicted molar refractivity (Wildman–Crippen MR) is 68.1 cm³/mol. The van der Waals surface area contributed by atoms with E-state index in [1.165, 1.54) is 30.9 Å². The van der Waals surface area contributed by atoms with E-state index in [1.807, 2.05) is 0 Å². The van der Waals surface area contributed by atoms with Crippen molar-refractivity contribution in [2.45, 2.75) is 0 Å². The molecular formula is C11H9ClN4O2. The highest BCUT2D eigenvalue weighted by Crippen LogP contribution is 2.31. The number of carboxylic acids is 1. The molecule has 92 valence electrons. The van der Waals surface area contributed by atoms with Crippen molar-refractivity contribution in [3.63, 3.8) is 0 Å².